The van der Waals surface area contributed by atoms with E-state index in [1.165, 1.54) is 0 Å². The lowest BCUT2D eigenvalue weighted by atomic mass is 10.2. The number of nitrogens with zero attached hydrogens (tertiary/aromatic N) is 2. The Labute approximate surface area is 143 Å². The number of anilines is 2. The van der Waals surface area contributed by atoms with Crippen LogP contribution < -0.4 is 20.9 Å². The van der Waals surface area contributed by atoms with Crippen molar-refractivity contribution >= 4 is 11.4 Å². The minimum Gasteiger partial charge on any atom is -0.286 e. The summed E-state index contributed by atoms with van der Waals surface area (Å²) >= 11 is 0. The summed E-state index contributed by atoms with van der Waals surface area (Å²) in [6.07, 6.45) is 5.48. The van der Waals surface area contributed by atoms with Crippen LogP contribution in [0.3, 0.4) is 0 Å². The summed E-state index contributed by atoms with van der Waals surface area (Å²) in [5, 5.41) is 4.22. The number of hydrogen-bond donors (Lipinski definition) is 2. The molecule has 1 aliphatic rings. The van der Waals surface area contributed by atoms with Gasteiger partial charge in [0.25, 0.3) is 0 Å². The molecule has 0 aromatic heterocycles. The molecular weight excluding hydrogens is 296 g/mol. The number of hydrazine groups is 2. The van der Waals surface area contributed by atoms with E-state index in [2.05, 4.69) is 58.3 Å². The van der Waals surface area contributed by atoms with Crippen LogP contribution in [0.25, 0.3) is 0 Å². The van der Waals surface area contributed by atoms with Gasteiger partial charge >= 0.3 is 0 Å². The Bertz CT molecular complexity index is 661. The van der Waals surface area contributed by atoms with Gasteiger partial charge in [-0.15, -0.1) is 0 Å². The molecule has 0 aliphatic carbocycles. The number of benzene rings is 2. The lowest BCUT2D eigenvalue weighted by Gasteiger charge is -2.43. The van der Waals surface area contributed by atoms with Gasteiger partial charge in [0.05, 0.1) is 11.4 Å². The van der Waals surface area contributed by atoms with Crippen LogP contribution >= 0.6 is 0 Å². The average Bonchev–Trinajstić information content (AvgIpc) is 2.67. The Balaban J connectivity index is 1.86. The zero-order chi connectivity index (χ0) is 16.8. The van der Waals surface area contributed by atoms with Crippen LogP contribution in [0, 0.1) is 0 Å². The fourth-order valence-electron chi connectivity index (χ4n) is 2.55. The maximum atomic E-state index is 4.16. The lowest BCUT2D eigenvalue weighted by Crippen LogP contribution is -2.67. The largest absolute Gasteiger partial charge is 0.286 e. The normalized spacial score (nSPS) is 15.7. The molecule has 3 rings (SSSR count). The summed E-state index contributed by atoms with van der Waals surface area (Å²) in [7, 11) is 0. The van der Waals surface area contributed by atoms with Crippen molar-refractivity contribution in [2.75, 3.05) is 16.7 Å². The standard InChI is InChI=1S/C20H22N4/c1-3-4-11-17(2)20-21-23(18-12-7-5-8-13-18)16-24(22-20)19-14-9-6-10-15-19/h3-15,20-22H,1-2,16H2/b11-4-. The van der Waals surface area contributed by atoms with E-state index in [0.29, 0.717) is 6.67 Å². The number of nitrogens with one attached hydrogen (secondary N) is 2. The molecule has 2 N–H and O–H groups in total. The predicted octanol–water partition coefficient (Wildman–Crippen LogP) is 3.60. The monoisotopic (exact) mass is 318 g/mol. The first-order valence-electron chi connectivity index (χ1n) is 7.93. The van der Waals surface area contributed by atoms with Gasteiger partial charge in [0.2, 0.25) is 0 Å². The highest BCUT2D eigenvalue weighted by Crippen LogP contribution is 2.20. The first-order chi connectivity index (χ1) is 11.8. The second kappa shape index (κ2) is 7.64. The second-order valence-electron chi connectivity index (χ2n) is 5.53. The molecule has 122 valence electrons. The van der Waals surface area contributed by atoms with Crippen LogP contribution in [-0.2, 0) is 0 Å². The molecule has 0 atom stereocenters. The van der Waals surface area contributed by atoms with E-state index in [9.17, 15) is 0 Å². The molecule has 1 saturated heterocycles. The topological polar surface area (TPSA) is 30.5 Å². The van der Waals surface area contributed by atoms with Crippen molar-refractivity contribution in [1.82, 2.24) is 10.9 Å². The molecule has 4 nitrogen and oxygen atoms in total. The molecule has 0 bridgehead atoms. The average molecular weight is 318 g/mol. The van der Waals surface area contributed by atoms with Crippen molar-refractivity contribution in [2.24, 2.45) is 0 Å². The molecule has 0 saturated carbocycles. The van der Waals surface area contributed by atoms with Gasteiger partial charge in [-0.1, -0.05) is 67.8 Å². The molecule has 0 spiro atoms. The Morgan fingerprint density at radius 1 is 0.917 bits per heavy atom. The molecule has 2 aromatic rings. The van der Waals surface area contributed by atoms with E-state index < -0.39 is 0 Å². The van der Waals surface area contributed by atoms with Gasteiger partial charge in [0.15, 0.2) is 0 Å². The highest BCUT2D eigenvalue weighted by molar-refractivity contribution is 5.52. The fourth-order valence-corrected chi connectivity index (χ4v) is 2.55. The molecule has 2 aromatic carbocycles. The zero-order valence-electron chi connectivity index (χ0n) is 13.6. The van der Waals surface area contributed by atoms with Crippen LogP contribution in [0.5, 0.6) is 0 Å². The van der Waals surface area contributed by atoms with Crippen molar-refractivity contribution < 1.29 is 0 Å². The van der Waals surface area contributed by atoms with Crippen LogP contribution in [0.4, 0.5) is 11.4 Å². The van der Waals surface area contributed by atoms with E-state index in [-0.39, 0.29) is 6.17 Å². The van der Waals surface area contributed by atoms with Crippen molar-refractivity contribution in [2.45, 2.75) is 6.17 Å². The number of hydrogen-bond acceptors (Lipinski definition) is 4. The maximum Gasteiger partial charge on any atom is 0.120 e. The first-order valence-corrected chi connectivity index (χ1v) is 7.93. The third kappa shape index (κ3) is 3.74. The lowest BCUT2D eigenvalue weighted by molar-refractivity contribution is 0.381. The van der Waals surface area contributed by atoms with Crippen LogP contribution in [0.1, 0.15) is 0 Å². The smallest absolute Gasteiger partial charge is 0.120 e. The van der Waals surface area contributed by atoms with Gasteiger partial charge in [-0.05, 0) is 29.8 Å². The van der Waals surface area contributed by atoms with Crippen LogP contribution in [0.15, 0.2) is 97.6 Å². The Hall–Kier alpha value is -2.82. The first kappa shape index (κ1) is 16.1. The third-order valence-electron chi connectivity index (χ3n) is 3.81. The quantitative estimate of drug-likeness (QED) is 0.825. The Kier molecular flexibility index (Phi) is 5.11. The molecule has 0 amide bonds. The third-order valence-corrected chi connectivity index (χ3v) is 3.81. The molecule has 0 unspecified atom stereocenters. The van der Waals surface area contributed by atoms with E-state index in [1.807, 2.05) is 48.6 Å². The molecular formula is C20H22N4. The maximum absolute atomic E-state index is 4.16. The van der Waals surface area contributed by atoms with Crippen LogP contribution in [-0.4, -0.2) is 12.8 Å². The van der Waals surface area contributed by atoms with E-state index in [1.54, 1.807) is 6.08 Å². The van der Waals surface area contributed by atoms with Crippen LogP contribution in [0.2, 0.25) is 0 Å². The van der Waals surface area contributed by atoms with E-state index in [4.69, 9.17) is 0 Å². The fraction of sp³-hybridized carbons (Fsp3) is 0.100. The van der Waals surface area contributed by atoms with Gasteiger partial charge in [-0.2, -0.15) is 0 Å². The molecule has 0 radical (unpaired) electrons. The van der Waals surface area contributed by atoms with Crippen molar-refractivity contribution in [3.05, 3.63) is 97.6 Å². The number of para-hydroxylation sites is 2. The van der Waals surface area contributed by atoms with Gasteiger partial charge in [-0.25, -0.2) is 10.9 Å². The highest BCUT2D eigenvalue weighted by atomic mass is 15.7. The molecule has 1 aliphatic heterocycles. The Morgan fingerprint density at radius 3 is 1.88 bits per heavy atom. The molecule has 1 heterocycles. The summed E-state index contributed by atoms with van der Waals surface area (Å²) in [6.45, 7) is 8.54. The minimum absolute atomic E-state index is 0.115. The summed E-state index contributed by atoms with van der Waals surface area (Å²) in [6, 6.07) is 20.5. The minimum atomic E-state index is -0.115. The van der Waals surface area contributed by atoms with Gasteiger partial charge in [0.1, 0.15) is 12.8 Å². The zero-order valence-corrected chi connectivity index (χ0v) is 13.6. The predicted molar refractivity (Wildman–Crippen MR) is 101 cm³/mol. The molecule has 4 heteroatoms. The highest BCUT2D eigenvalue weighted by Gasteiger charge is 2.25. The van der Waals surface area contributed by atoms with E-state index in [0.717, 1.165) is 16.9 Å². The van der Waals surface area contributed by atoms with Gasteiger partial charge < -0.3 is 0 Å². The molecule has 1 fully saturated rings. The second-order valence-corrected chi connectivity index (χ2v) is 5.53. The van der Waals surface area contributed by atoms with Crippen molar-refractivity contribution in [1.29, 1.82) is 0 Å². The molecule has 24 heavy (non-hydrogen) atoms. The number of rotatable bonds is 5. The number of allylic oxidation sites excluding steroid dienone is 2. The SMILES string of the molecule is C=C/C=C\C(=C)C1NN(c2ccccc2)CN(c2ccccc2)N1. The Morgan fingerprint density at radius 2 is 1.42 bits per heavy atom. The summed E-state index contributed by atoms with van der Waals surface area (Å²) in [5.41, 5.74) is 10.1. The summed E-state index contributed by atoms with van der Waals surface area (Å²) in [5.74, 6) is 0. The summed E-state index contributed by atoms with van der Waals surface area (Å²) < 4.78 is 0. The van der Waals surface area contributed by atoms with Crippen molar-refractivity contribution in [3.63, 3.8) is 0 Å². The van der Waals surface area contributed by atoms with Gasteiger partial charge in [-0.3, -0.25) is 10.0 Å². The van der Waals surface area contributed by atoms with E-state index >= 15 is 0 Å². The van der Waals surface area contributed by atoms with Gasteiger partial charge in [0, 0.05) is 0 Å². The van der Waals surface area contributed by atoms with Crippen molar-refractivity contribution in [3.8, 4) is 0 Å². The summed E-state index contributed by atoms with van der Waals surface area (Å²) in [4.78, 5) is 0.